The zero-order valence-corrected chi connectivity index (χ0v) is 21.6. The third-order valence-electron chi connectivity index (χ3n) is 7.10. The van der Waals surface area contributed by atoms with Gasteiger partial charge in [0.1, 0.15) is 18.2 Å². The number of anilines is 2. The van der Waals surface area contributed by atoms with Crippen LogP contribution in [0.5, 0.6) is 5.75 Å². The molecule has 2 aliphatic rings. The maximum atomic E-state index is 14.4. The molecule has 2 aliphatic heterocycles. The van der Waals surface area contributed by atoms with E-state index in [-0.39, 0.29) is 30.5 Å². The third-order valence-corrected chi connectivity index (χ3v) is 7.10. The van der Waals surface area contributed by atoms with Crippen molar-refractivity contribution in [1.82, 2.24) is 4.90 Å². The number of hydrogen-bond acceptors (Lipinski definition) is 6. The van der Waals surface area contributed by atoms with Crippen LogP contribution < -0.4 is 15.0 Å². The number of imide groups is 1. The highest BCUT2D eigenvalue weighted by Gasteiger charge is 2.34. The highest BCUT2D eigenvalue weighted by atomic mass is 19.1. The van der Waals surface area contributed by atoms with Crippen molar-refractivity contribution in [2.45, 2.75) is 0 Å². The summed E-state index contributed by atoms with van der Waals surface area (Å²) in [4.78, 5) is 41.6. The molecule has 1 fully saturated rings. The fourth-order valence-corrected chi connectivity index (χ4v) is 5.10. The molecular weight excluding hydrogens is 513 g/mol. The summed E-state index contributed by atoms with van der Waals surface area (Å²) in [7, 11) is 0. The molecule has 0 radical (unpaired) electrons. The topological polar surface area (TPSA) is 88.2 Å². The van der Waals surface area contributed by atoms with Gasteiger partial charge in [-0.2, -0.15) is 0 Å². The highest BCUT2D eigenvalue weighted by molar-refractivity contribution is 6.21. The maximum Gasteiger partial charge on any atom is 0.261 e. The fourth-order valence-electron chi connectivity index (χ4n) is 5.10. The Hall–Kier alpha value is -4.76. The minimum Gasteiger partial charge on any atom is -0.491 e. The van der Waals surface area contributed by atoms with E-state index >= 15 is 0 Å². The Bertz CT molecular complexity index is 1600. The van der Waals surface area contributed by atoms with Crippen LogP contribution in [0.25, 0.3) is 10.8 Å². The number of nitrogens with zero attached hydrogens (tertiary/aromatic N) is 2. The van der Waals surface area contributed by atoms with Gasteiger partial charge in [-0.3, -0.25) is 19.3 Å². The van der Waals surface area contributed by atoms with Gasteiger partial charge in [0.05, 0.1) is 30.9 Å². The first-order valence-corrected chi connectivity index (χ1v) is 13.0. The molecule has 4 aromatic rings. The smallest absolute Gasteiger partial charge is 0.261 e. The second-order valence-electron chi connectivity index (χ2n) is 9.56. The molecule has 4 aromatic carbocycles. The van der Waals surface area contributed by atoms with Gasteiger partial charge >= 0.3 is 0 Å². The SMILES string of the molecule is O=C(Nc1ccc(OCCN2C(=O)c3ccccc3C2=O)c2ccccc12)c1cc(F)cc(N2CCOCC2)c1. The monoisotopic (exact) mass is 539 g/mol. The molecule has 0 spiro atoms. The second-order valence-corrected chi connectivity index (χ2v) is 9.56. The van der Waals surface area contributed by atoms with Crippen LogP contribution >= 0.6 is 0 Å². The summed E-state index contributed by atoms with van der Waals surface area (Å²) < 4.78 is 25.8. The predicted octanol–water partition coefficient (Wildman–Crippen LogP) is 4.74. The molecule has 2 heterocycles. The number of carbonyl (C=O) groups is 3. The van der Waals surface area contributed by atoms with Crippen LogP contribution in [-0.4, -0.2) is 62.1 Å². The van der Waals surface area contributed by atoms with E-state index in [9.17, 15) is 18.8 Å². The molecule has 0 aliphatic carbocycles. The van der Waals surface area contributed by atoms with Gasteiger partial charge in [-0.05, 0) is 42.5 Å². The van der Waals surface area contributed by atoms with Crippen molar-refractivity contribution < 1.29 is 28.2 Å². The summed E-state index contributed by atoms with van der Waals surface area (Å²) in [5.74, 6) is -1.03. The van der Waals surface area contributed by atoms with E-state index in [2.05, 4.69) is 5.32 Å². The van der Waals surface area contributed by atoms with Crippen molar-refractivity contribution in [3.05, 3.63) is 101 Å². The number of halogens is 1. The molecule has 202 valence electrons. The number of morpholine rings is 1. The number of nitrogens with one attached hydrogen (secondary N) is 1. The van der Waals surface area contributed by atoms with Gasteiger partial charge in [-0.15, -0.1) is 0 Å². The standard InChI is InChI=1S/C31H26FN3O5/c32-21-17-20(18-22(19-21)34-11-14-39-15-12-34)29(36)33-27-9-10-28(24-6-2-1-5-23(24)27)40-16-13-35-30(37)25-7-3-4-8-26(25)31(35)38/h1-10,17-19H,11-16H2,(H,33,36). The molecule has 0 atom stereocenters. The summed E-state index contributed by atoms with van der Waals surface area (Å²) >= 11 is 0. The van der Waals surface area contributed by atoms with E-state index in [0.717, 1.165) is 10.8 Å². The lowest BCUT2D eigenvalue weighted by Gasteiger charge is -2.29. The van der Waals surface area contributed by atoms with Crippen molar-refractivity contribution in [2.75, 3.05) is 49.7 Å². The fraction of sp³-hybridized carbons (Fsp3) is 0.194. The van der Waals surface area contributed by atoms with Gasteiger partial charge < -0.3 is 19.7 Å². The molecule has 1 N–H and O–H groups in total. The lowest BCUT2D eigenvalue weighted by atomic mass is 10.1. The zero-order chi connectivity index (χ0) is 27.6. The average Bonchev–Trinajstić information content (AvgIpc) is 3.23. The second kappa shape index (κ2) is 10.8. The lowest BCUT2D eigenvalue weighted by molar-refractivity contribution is 0.0631. The molecule has 0 aromatic heterocycles. The Labute approximate surface area is 229 Å². The van der Waals surface area contributed by atoms with Crippen LogP contribution in [0.15, 0.2) is 78.9 Å². The molecule has 9 heteroatoms. The number of hydrogen-bond donors (Lipinski definition) is 1. The average molecular weight is 540 g/mol. The predicted molar refractivity (Wildman–Crippen MR) is 149 cm³/mol. The van der Waals surface area contributed by atoms with Gasteiger partial charge in [-0.1, -0.05) is 36.4 Å². The van der Waals surface area contributed by atoms with Crippen LogP contribution in [0.3, 0.4) is 0 Å². The number of fused-ring (bicyclic) bond motifs is 2. The van der Waals surface area contributed by atoms with Gasteiger partial charge in [0.2, 0.25) is 0 Å². The van der Waals surface area contributed by atoms with E-state index in [4.69, 9.17) is 9.47 Å². The van der Waals surface area contributed by atoms with E-state index in [1.165, 1.54) is 17.0 Å². The Morgan fingerprint density at radius 3 is 2.27 bits per heavy atom. The Balaban J connectivity index is 1.17. The molecule has 1 saturated heterocycles. The summed E-state index contributed by atoms with van der Waals surface area (Å²) in [6, 6.07) is 21.9. The van der Waals surface area contributed by atoms with Crippen molar-refractivity contribution >= 4 is 39.9 Å². The minimum atomic E-state index is -0.485. The molecule has 40 heavy (non-hydrogen) atoms. The maximum absolute atomic E-state index is 14.4. The molecule has 8 nitrogen and oxygen atoms in total. The van der Waals surface area contributed by atoms with Crippen LogP contribution in [0.2, 0.25) is 0 Å². The minimum absolute atomic E-state index is 0.101. The third kappa shape index (κ3) is 4.87. The van der Waals surface area contributed by atoms with E-state index in [1.54, 1.807) is 42.5 Å². The van der Waals surface area contributed by atoms with Crippen LogP contribution in [0.1, 0.15) is 31.1 Å². The van der Waals surface area contributed by atoms with Crippen LogP contribution in [-0.2, 0) is 4.74 Å². The molecular formula is C31H26FN3O5. The molecule has 3 amide bonds. The number of amides is 3. The molecule has 0 saturated carbocycles. The van der Waals surface area contributed by atoms with Gasteiger partial charge in [-0.25, -0.2) is 4.39 Å². The van der Waals surface area contributed by atoms with Crippen molar-refractivity contribution in [3.63, 3.8) is 0 Å². The Morgan fingerprint density at radius 1 is 0.875 bits per heavy atom. The molecule has 0 bridgehead atoms. The normalized spacial score (nSPS) is 14.9. The van der Waals surface area contributed by atoms with Crippen LogP contribution in [0.4, 0.5) is 15.8 Å². The number of carbonyl (C=O) groups excluding carboxylic acids is 3. The first-order valence-electron chi connectivity index (χ1n) is 13.0. The van der Waals surface area contributed by atoms with Crippen molar-refractivity contribution in [1.29, 1.82) is 0 Å². The lowest BCUT2D eigenvalue weighted by Crippen LogP contribution is -2.36. The summed E-state index contributed by atoms with van der Waals surface area (Å²) in [5.41, 5.74) is 2.19. The summed E-state index contributed by atoms with van der Waals surface area (Å²) in [5, 5.41) is 4.39. The molecule has 6 rings (SSSR count). The van der Waals surface area contributed by atoms with E-state index in [1.807, 2.05) is 29.2 Å². The zero-order valence-electron chi connectivity index (χ0n) is 21.6. The van der Waals surface area contributed by atoms with Gasteiger partial charge in [0, 0.05) is 40.8 Å². The largest absolute Gasteiger partial charge is 0.491 e. The number of rotatable bonds is 7. The quantitative estimate of drug-likeness (QED) is 0.342. The van der Waals surface area contributed by atoms with Gasteiger partial charge in [0.15, 0.2) is 0 Å². The number of benzene rings is 4. The van der Waals surface area contributed by atoms with E-state index < -0.39 is 11.7 Å². The summed E-state index contributed by atoms with van der Waals surface area (Å²) in [6.45, 7) is 2.57. The van der Waals surface area contributed by atoms with Crippen molar-refractivity contribution in [2.24, 2.45) is 0 Å². The first kappa shape index (κ1) is 25.5. The summed E-state index contributed by atoms with van der Waals surface area (Å²) in [6.07, 6.45) is 0. The first-order chi connectivity index (χ1) is 19.5. The molecule has 0 unspecified atom stereocenters. The Morgan fingerprint density at radius 2 is 1.55 bits per heavy atom. The Kier molecular flexibility index (Phi) is 6.88. The number of ether oxygens (including phenoxy) is 2. The highest BCUT2D eigenvalue weighted by Crippen LogP contribution is 2.32. The van der Waals surface area contributed by atoms with Crippen LogP contribution in [0, 0.1) is 5.82 Å². The van der Waals surface area contributed by atoms with E-state index in [0.29, 0.717) is 54.6 Å². The van der Waals surface area contributed by atoms with Crippen molar-refractivity contribution in [3.8, 4) is 5.75 Å². The van der Waals surface area contributed by atoms with Gasteiger partial charge in [0.25, 0.3) is 17.7 Å².